The topological polar surface area (TPSA) is 86.3 Å². The van der Waals surface area contributed by atoms with Crippen LogP contribution >= 0.6 is 0 Å². The van der Waals surface area contributed by atoms with Crippen LogP contribution in [-0.4, -0.2) is 44.7 Å². The molecule has 0 radical (unpaired) electrons. The maximum atomic E-state index is 12.6. The molecule has 1 unspecified atom stereocenters. The molecule has 3 rings (SSSR count). The number of H-pyrrole nitrogens is 1. The van der Waals surface area contributed by atoms with Crippen molar-refractivity contribution in [2.24, 2.45) is 0 Å². The number of aliphatic carboxylic acids is 1. The number of carboxylic acid groups (broad SMARTS) is 1. The number of amides is 1. The van der Waals surface area contributed by atoms with Gasteiger partial charge in [-0.15, -0.1) is 0 Å². The molecule has 1 aliphatic heterocycles. The Morgan fingerprint density at radius 3 is 2.76 bits per heavy atom. The van der Waals surface area contributed by atoms with Crippen LogP contribution in [0.3, 0.4) is 0 Å². The summed E-state index contributed by atoms with van der Waals surface area (Å²) in [6.45, 7) is 0.467. The minimum Gasteiger partial charge on any atom is -0.480 e. The Morgan fingerprint density at radius 1 is 1.29 bits per heavy atom. The van der Waals surface area contributed by atoms with E-state index in [4.69, 9.17) is 0 Å². The van der Waals surface area contributed by atoms with Gasteiger partial charge in [-0.05, 0) is 12.8 Å². The van der Waals surface area contributed by atoms with Crippen molar-refractivity contribution >= 4 is 11.9 Å². The van der Waals surface area contributed by atoms with Crippen LogP contribution in [0.2, 0.25) is 0 Å². The lowest BCUT2D eigenvalue weighted by Gasteiger charge is -2.21. The molecule has 6 nitrogen and oxygen atoms in total. The molecule has 0 bridgehead atoms. The van der Waals surface area contributed by atoms with Crippen LogP contribution in [0, 0.1) is 0 Å². The van der Waals surface area contributed by atoms with Crippen molar-refractivity contribution in [1.29, 1.82) is 0 Å². The molecule has 0 aliphatic carbocycles. The first-order chi connectivity index (χ1) is 10.2. The zero-order chi connectivity index (χ0) is 14.8. The van der Waals surface area contributed by atoms with E-state index >= 15 is 0 Å². The molecule has 1 aromatic carbocycles. The molecule has 1 saturated heterocycles. The van der Waals surface area contributed by atoms with E-state index in [1.54, 1.807) is 0 Å². The van der Waals surface area contributed by atoms with E-state index in [1.807, 2.05) is 30.3 Å². The van der Waals surface area contributed by atoms with E-state index in [2.05, 4.69) is 10.2 Å². The molecule has 1 aliphatic rings. The highest BCUT2D eigenvalue weighted by Crippen LogP contribution is 2.25. The van der Waals surface area contributed by atoms with Gasteiger partial charge in [0.1, 0.15) is 6.04 Å². The summed E-state index contributed by atoms with van der Waals surface area (Å²) in [5.74, 6) is -1.24. The number of carboxylic acids is 1. The Kier molecular flexibility index (Phi) is 3.43. The standard InChI is InChI=1S/C15H15N3O3/c19-14(18-8-4-7-12(18)15(20)21)11-9-16-17-13(11)10-5-2-1-3-6-10/h1-3,5-6,9,12H,4,7-8H2,(H,16,17)(H,20,21). The number of benzene rings is 1. The number of nitrogens with one attached hydrogen (secondary N) is 1. The van der Waals surface area contributed by atoms with Crippen LogP contribution in [0.4, 0.5) is 0 Å². The smallest absolute Gasteiger partial charge is 0.326 e. The van der Waals surface area contributed by atoms with E-state index in [-0.39, 0.29) is 5.91 Å². The highest BCUT2D eigenvalue weighted by Gasteiger charge is 2.35. The number of aromatic nitrogens is 2. The molecular formula is C15H15N3O3. The summed E-state index contributed by atoms with van der Waals surface area (Å²) in [7, 11) is 0. The van der Waals surface area contributed by atoms with Gasteiger partial charge in [-0.1, -0.05) is 30.3 Å². The Hall–Kier alpha value is -2.63. The van der Waals surface area contributed by atoms with E-state index in [0.29, 0.717) is 30.6 Å². The molecule has 1 amide bonds. The highest BCUT2D eigenvalue weighted by atomic mass is 16.4. The Balaban J connectivity index is 1.93. The average molecular weight is 285 g/mol. The van der Waals surface area contributed by atoms with Crippen LogP contribution in [0.15, 0.2) is 36.5 Å². The quantitative estimate of drug-likeness (QED) is 0.899. The fraction of sp³-hybridized carbons (Fsp3) is 0.267. The number of likely N-dealkylation sites (tertiary alicyclic amines) is 1. The van der Waals surface area contributed by atoms with Gasteiger partial charge in [-0.2, -0.15) is 5.10 Å². The molecule has 21 heavy (non-hydrogen) atoms. The average Bonchev–Trinajstić information content (AvgIpc) is 3.16. The van der Waals surface area contributed by atoms with Crippen LogP contribution in [0.1, 0.15) is 23.2 Å². The second-order valence-electron chi connectivity index (χ2n) is 5.02. The first-order valence-corrected chi connectivity index (χ1v) is 6.81. The van der Waals surface area contributed by atoms with Gasteiger partial charge in [-0.3, -0.25) is 9.89 Å². The van der Waals surface area contributed by atoms with Crippen molar-refractivity contribution in [3.63, 3.8) is 0 Å². The first-order valence-electron chi connectivity index (χ1n) is 6.81. The SMILES string of the molecule is O=C(O)C1CCCN1C(=O)c1cn[nH]c1-c1ccccc1. The highest BCUT2D eigenvalue weighted by molar-refractivity contribution is 6.01. The van der Waals surface area contributed by atoms with Crippen LogP contribution in [-0.2, 0) is 4.79 Å². The molecule has 0 spiro atoms. The molecule has 0 saturated carbocycles. The normalized spacial score (nSPS) is 17.9. The van der Waals surface area contributed by atoms with Crippen molar-refractivity contribution in [2.75, 3.05) is 6.54 Å². The number of aromatic amines is 1. The predicted octanol–water partition coefficient (Wildman–Crippen LogP) is 1.77. The number of carbonyl (C=O) groups is 2. The van der Waals surface area contributed by atoms with Gasteiger partial charge in [0.05, 0.1) is 17.5 Å². The summed E-state index contributed by atoms with van der Waals surface area (Å²) in [6.07, 6.45) is 2.67. The van der Waals surface area contributed by atoms with E-state index in [9.17, 15) is 14.7 Å². The zero-order valence-corrected chi connectivity index (χ0v) is 11.3. The molecule has 1 aromatic heterocycles. The number of hydrogen-bond donors (Lipinski definition) is 2. The van der Waals surface area contributed by atoms with Gasteiger partial charge in [0.25, 0.3) is 5.91 Å². The van der Waals surface area contributed by atoms with Gasteiger partial charge < -0.3 is 10.0 Å². The third-order valence-corrected chi connectivity index (χ3v) is 3.73. The third kappa shape index (κ3) is 2.40. The molecule has 6 heteroatoms. The minimum atomic E-state index is -0.953. The van der Waals surface area contributed by atoms with E-state index in [0.717, 1.165) is 5.56 Å². The Bertz CT molecular complexity index is 666. The zero-order valence-electron chi connectivity index (χ0n) is 11.3. The predicted molar refractivity (Wildman–Crippen MR) is 75.7 cm³/mol. The van der Waals surface area contributed by atoms with E-state index in [1.165, 1.54) is 11.1 Å². The van der Waals surface area contributed by atoms with Gasteiger partial charge in [-0.25, -0.2) is 4.79 Å². The van der Waals surface area contributed by atoms with Crippen molar-refractivity contribution in [1.82, 2.24) is 15.1 Å². The minimum absolute atomic E-state index is 0.285. The maximum absolute atomic E-state index is 12.6. The Labute approximate surface area is 121 Å². The lowest BCUT2D eigenvalue weighted by Crippen LogP contribution is -2.40. The van der Waals surface area contributed by atoms with Crippen molar-refractivity contribution in [3.8, 4) is 11.3 Å². The summed E-state index contributed by atoms with van der Waals surface area (Å²) in [5.41, 5.74) is 1.88. The fourth-order valence-corrected chi connectivity index (χ4v) is 2.69. The fourth-order valence-electron chi connectivity index (χ4n) is 2.69. The maximum Gasteiger partial charge on any atom is 0.326 e. The van der Waals surface area contributed by atoms with Gasteiger partial charge in [0.2, 0.25) is 0 Å². The van der Waals surface area contributed by atoms with Crippen LogP contribution in [0.5, 0.6) is 0 Å². The number of rotatable bonds is 3. The second-order valence-corrected chi connectivity index (χ2v) is 5.02. The Morgan fingerprint density at radius 2 is 2.05 bits per heavy atom. The summed E-state index contributed by atoms with van der Waals surface area (Å²) in [4.78, 5) is 25.3. The monoisotopic (exact) mass is 285 g/mol. The largest absolute Gasteiger partial charge is 0.480 e. The van der Waals surface area contributed by atoms with Crippen molar-refractivity contribution in [3.05, 3.63) is 42.1 Å². The number of hydrogen-bond acceptors (Lipinski definition) is 3. The number of nitrogens with zero attached hydrogens (tertiary/aromatic N) is 2. The molecule has 108 valence electrons. The summed E-state index contributed by atoms with van der Waals surface area (Å²) >= 11 is 0. The summed E-state index contributed by atoms with van der Waals surface area (Å²) in [6, 6.07) is 8.66. The molecular weight excluding hydrogens is 270 g/mol. The molecule has 1 fully saturated rings. The molecule has 1 atom stereocenters. The van der Waals surface area contributed by atoms with Crippen molar-refractivity contribution in [2.45, 2.75) is 18.9 Å². The van der Waals surface area contributed by atoms with E-state index < -0.39 is 12.0 Å². The third-order valence-electron chi connectivity index (χ3n) is 3.73. The van der Waals surface area contributed by atoms with Crippen molar-refractivity contribution < 1.29 is 14.7 Å². The second kappa shape index (κ2) is 5.40. The van der Waals surface area contributed by atoms with Gasteiger partial charge >= 0.3 is 5.97 Å². The lowest BCUT2D eigenvalue weighted by molar-refractivity contribution is -0.141. The molecule has 2 heterocycles. The first kappa shape index (κ1) is 13.4. The van der Waals surface area contributed by atoms with Gasteiger partial charge in [0.15, 0.2) is 0 Å². The van der Waals surface area contributed by atoms with Crippen LogP contribution < -0.4 is 0 Å². The van der Waals surface area contributed by atoms with Crippen LogP contribution in [0.25, 0.3) is 11.3 Å². The number of carbonyl (C=O) groups excluding carboxylic acids is 1. The molecule has 2 aromatic rings. The molecule has 2 N–H and O–H groups in total. The summed E-state index contributed by atoms with van der Waals surface area (Å²) in [5, 5.41) is 16.0. The summed E-state index contributed by atoms with van der Waals surface area (Å²) < 4.78 is 0. The van der Waals surface area contributed by atoms with Gasteiger partial charge in [0, 0.05) is 12.1 Å². The lowest BCUT2D eigenvalue weighted by atomic mass is 10.1.